The molecule has 0 aliphatic heterocycles. The number of nitrogens with zero attached hydrogens (tertiary/aromatic N) is 6. The molecule has 0 radical (unpaired) electrons. The third-order valence-electron chi connectivity index (χ3n) is 6.11. The van der Waals surface area contributed by atoms with Crippen LogP contribution in [-0.2, 0) is 36.8 Å². The molecule has 2 aromatic heterocycles. The van der Waals surface area contributed by atoms with Crippen LogP contribution in [0.4, 0.5) is 0 Å². The summed E-state index contributed by atoms with van der Waals surface area (Å²) < 4.78 is 4.24. The Balaban J connectivity index is 0.000000302. The maximum atomic E-state index is 4.34. The predicted octanol–water partition coefficient (Wildman–Crippen LogP) is 9.49. The Kier molecular flexibility index (Phi) is 14.1. The molecule has 0 saturated heterocycles. The Labute approximate surface area is 248 Å². The number of hydrogen-bond acceptors (Lipinski definition) is 4. The lowest BCUT2D eigenvalue weighted by atomic mass is 10.00. The molecule has 0 N–H and O–H groups in total. The molecule has 6 heteroatoms. The second kappa shape index (κ2) is 15.5. The van der Waals surface area contributed by atoms with Gasteiger partial charge in [0.05, 0.1) is 33.9 Å². The normalized spacial score (nSPS) is 16.6. The smallest absolute Gasteiger partial charge is 0.0859 e. The summed E-state index contributed by atoms with van der Waals surface area (Å²) >= 11 is 0. The van der Waals surface area contributed by atoms with Gasteiger partial charge >= 0.3 is 0 Å². The van der Waals surface area contributed by atoms with Crippen LogP contribution in [0.5, 0.6) is 0 Å². The largest absolute Gasteiger partial charge is 0.244 e. The van der Waals surface area contributed by atoms with Crippen LogP contribution in [0.15, 0.2) is 0 Å². The van der Waals surface area contributed by atoms with E-state index in [1.165, 1.54) is 74.1 Å². The summed E-state index contributed by atoms with van der Waals surface area (Å²) in [7, 11) is 0. The molecule has 0 aromatic carbocycles. The van der Waals surface area contributed by atoms with Crippen LogP contribution in [0, 0.1) is 10.8 Å². The number of fused-ring (bicyclic) bond motifs is 2. The Morgan fingerprint density at radius 3 is 0.900 bits per heavy atom. The first kappa shape index (κ1) is 36.3. The highest BCUT2D eigenvalue weighted by atomic mass is 15.5. The lowest BCUT2D eigenvalue weighted by molar-refractivity contribution is 0.333. The van der Waals surface area contributed by atoms with Gasteiger partial charge in [0.25, 0.3) is 0 Å². The number of aryl methyl sites for hydroxylation is 2. The fraction of sp³-hybridized carbons (Fsp3) is 0.882. The molecule has 0 spiro atoms. The molecule has 2 aliphatic rings. The Morgan fingerprint density at radius 2 is 0.650 bits per heavy atom. The predicted molar refractivity (Wildman–Crippen MR) is 172 cm³/mol. The van der Waals surface area contributed by atoms with Crippen LogP contribution >= 0.6 is 0 Å². The van der Waals surface area contributed by atoms with Crippen molar-refractivity contribution in [3.8, 4) is 0 Å². The zero-order chi connectivity index (χ0) is 30.8. The van der Waals surface area contributed by atoms with E-state index in [-0.39, 0.29) is 11.1 Å². The minimum absolute atomic E-state index is 0.0692. The van der Waals surface area contributed by atoms with Gasteiger partial charge < -0.3 is 0 Å². The van der Waals surface area contributed by atoms with Crippen LogP contribution in [0.2, 0.25) is 0 Å². The van der Waals surface area contributed by atoms with Crippen LogP contribution in [-0.4, -0.2) is 30.0 Å². The molecule has 6 nitrogen and oxygen atoms in total. The highest BCUT2D eigenvalue weighted by Gasteiger charge is 2.23. The fourth-order valence-corrected chi connectivity index (χ4v) is 4.51. The average Bonchev–Trinajstić information content (AvgIpc) is 3.28. The summed E-state index contributed by atoms with van der Waals surface area (Å²) in [5, 5.41) is 17.3. The van der Waals surface area contributed by atoms with Crippen molar-refractivity contribution in [3.63, 3.8) is 0 Å². The van der Waals surface area contributed by atoms with E-state index in [0.717, 1.165) is 25.7 Å². The minimum Gasteiger partial charge on any atom is -0.244 e. The molecule has 0 fully saturated rings. The van der Waals surface area contributed by atoms with Gasteiger partial charge in [-0.3, -0.25) is 0 Å². The molecule has 2 aliphatic carbocycles. The van der Waals surface area contributed by atoms with Crippen LogP contribution < -0.4 is 0 Å². The van der Waals surface area contributed by atoms with Crippen molar-refractivity contribution in [2.75, 3.05) is 0 Å². The van der Waals surface area contributed by atoms with Gasteiger partial charge in [0.2, 0.25) is 0 Å². The van der Waals surface area contributed by atoms with Crippen LogP contribution in [0.25, 0.3) is 0 Å². The highest BCUT2D eigenvalue weighted by Crippen LogP contribution is 2.24. The van der Waals surface area contributed by atoms with E-state index in [9.17, 15) is 0 Å². The Morgan fingerprint density at radius 1 is 0.400 bits per heavy atom. The Bertz CT molecular complexity index is 878. The van der Waals surface area contributed by atoms with Crippen molar-refractivity contribution in [3.05, 3.63) is 22.8 Å². The van der Waals surface area contributed by atoms with E-state index in [2.05, 4.69) is 127 Å². The lowest BCUT2D eigenvalue weighted by Crippen LogP contribution is -2.26. The number of hydrogen-bond donors (Lipinski definition) is 0. The van der Waals surface area contributed by atoms with E-state index < -0.39 is 0 Å². The van der Waals surface area contributed by atoms with E-state index in [1.54, 1.807) is 0 Å². The summed E-state index contributed by atoms with van der Waals surface area (Å²) in [6, 6.07) is 0. The van der Waals surface area contributed by atoms with E-state index in [4.69, 9.17) is 0 Å². The zero-order valence-corrected chi connectivity index (χ0v) is 29.2. The van der Waals surface area contributed by atoms with Crippen molar-refractivity contribution in [1.29, 1.82) is 0 Å². The van der Waals surface area contributed by atoms with Crippen molar-refractivity contribution < 1.29 is 0 Å². The Hall–Kier alpha value is -1.72. The molecule has 0 saturated carbocycles. The van der Waals surface area contributed by atoms with Gasteiger partial charge in [-0.25, -0.2) is 9.36 Å². The maximum absolute atomic E-state index is 4.34. The first-order valence-electron chi connectivity index (χ1n) is 16.1. The maximum Gasteiger partial charge on any atom is 0.0859 e. The molecule has 0 bridgehead atoms. The van der Waals surface area contributed by atoms with Crippen molar-refractivity contribution in [1.82, 2.24) is 30.0 Å². The first-order chi connectivity index (χ1) is 18.2. The quantitative estimate of drug-likeness (QED) is 0.323. The summed E-state index contributed by atoms with van der Waals surface area (Å²) in [6.45, 7) is 30.7. The van der Waals surface area contributed by atoms with E-state index in [1.807, 2.05) is 0 Å². The number of aromatic nitrogens is 6. The summed E-state index contributed by atoms with van der Waals surface area (Å²) in [5.74, 6) is 0. The van der Waals surface area contributed by atoms with Gasteiger partial charge in [-0.05, 0) is 104 Å². The van der Waals surface area contributed by atoms with Gasteiger partial charge in [-0.2, -0.15) is 0 Å². The zero-order valence-electron chi connectivity index (χ0n) is 29.2. The standard InChI is InChI=1S/2C12H21N3.2C5H12/c2*1-12(2,3)15-11-9-7-5-4-6-8-10(11)13-14-15;2*1-5(2,3)4/h2*4-9H2,1-3H3;2*1-4H3. The van der Waals surface area contributed by atoms with Gasteiger partial charge in [0.15, 0.2) is 0 Å². The highest BCUT2D eigenvalue weighted by molar-refractivity contribution is 5.14. The first-order valence-corrected chi connectivity index (χ1v) is 16.1. The van der Waals surface area contributed by atoms with Crippen molar-refractivity contribution in [2.45, 2.75) is 185 Å². The molecule has 4 rings (SSSR count). The molecular formula is C34H66N6. The summed E-state index contributed by atoms with van der Waals surface area (Å²) in [6.07, 6.45) is 15.1. The number of rotatable bonds is 0. The topological polar surface area (TPSA) is 61.4 Å². The monoisotopic (exact) mass is 559 g/mol. The van der Waals surface area contributed by atoms with Crippen molar-refractivity contribution in [2.24, 2.45) is 10.8 Å². The minimum atomic E-state index is 0.0692. The average molecular weight is 559 g/mol. The van der Waals surface area contributed by atoms with Crippen LogP contribution in [0.3, 0.4) is 0 Å². The van der Waals surface area contributed by atoms with E-state index in [0.29, 0.717) is 10.8 Å². The molecule has 232 valence electrons. The summed E-state index contributed by atoms with van der Waals surface area (Å²) in [5.41, 5.74) is 6.37. The second-order valence-corrected chi connectivity index (χ2v) is 17.0. The van der Waals surface area contributed by atoms with Gasteiger partial charge in [-0.1, -0.05) is 91.5 Å². The van der Waals surface area contributed by atoms with Gasteiger partial charge in [0, 0.05) is 0 Å². The van der Waals surface area contributed by atoms with Crippen molar-refractivity contribution >= 4 is 0 Å². The molecule has 2 aromatic rings. The third kappa shape index (κ3) is 15.3. The molecule has 2 heterocycles. The van der Waals surface area contributed by atoms with E-state index >= 15 is 0 Å². The third-order valence-corrected chi connectivity index (χ3v) is 6.11. The molecular weight excluding hydrogens is 492 g/mol. The fourth-order valence-electron chi connectivity index (χ4n) is 4.51. The van der Waals surface area contributed by atoms with Gasteiger partial charge in [-0.15, -0.1) is 10.2 Å². The summed E-state index contributed by atoms with van der Waals surface area (Å²) in [4.78, 5) is 0. The molecule has 0 unspecified atom stereocenters. The molecule has 0 amide bonds. The second-order valence-electron chi connectivity index (χ2n) is 17.0. The SMILES string of the molecule is CC(C)(C)C.CC(C)(C)C.CC(C)(C)n1nnc2c1CCCCCC2.CC(C)(C)n1nnc2c1CCCCCC2. The van der Waals surface area contributed by atoms with Gasteiger partial charge in [0.1, 0.15) is 0 Å². The lowest BCUT2D eigenvalue weighted by Gasteiger charge is -2.22. The van der Waals surface area contributed by atoms with Crippen LogP contribution in [0.1, 0.15) is 171 Å². The molecule has 40 heavy (non-hydrogen) atoms. The molecule has 0 atom stereocenters.